The average Bonchev–Trinajstić information content (AvgIpc) is 3.35. The Bertz CT molecular complexity index is 1260. The van der Waals surface area contributed by atoms with Gasteiger partial charge in [-0.25, -0.2) is 4.79 Å². The molecule has 0 heterocycles. The number of hydrogen-bond acceptors (Lipinski definition) is 7. The molecule has 1 atom stereocenters. The fourth-order valence-corrected chi connectivity index (χ4v) is 5.74. The molecule has 0 bridgehead atoms. The smallest absolute Gasteiger partial charge is 0.412 e. The minimum absolute atomic E-state index is 0.00194. The second-order valence-electron chi connectivity index (χ2n) is 10.7. The number of methoxy groups -OCH3 is 1. The Morgan fingerprint density at radius 1 is 1.00 bits per heavy atom. The highest BCUT2D eigenvalue weighted by atomic mass is 16.5. The first-order valence-electron chi connectivity index (χ1n) is 13.9. The lowest BCUT2D eigenvalue weighted by Crippen LogP contribution is -2.63. The second-order valence-corrected chi connectivity index (χ2v) is 10.7. The Labute approximate surface area is 238 Å². The highest BCUT2D eigenvalue weighted by Crippen LogP contribution is 2.32. The van der Waals surface area contributed by atoms with E-state index in [2.05, 4.69) is 26.0 Å². The normalized spacial score (nSPS) is 16.6. The number of rotatable bonds is 10. The summed E-state index contributed by atoms with van der Waals surface area (Å²) < 4.78 is 4.51. The lowest BCUT2D eigenvalue weighted by atomic mass is 9.82. The Morgan fingerprint density at radius 2 is 1.63 bits per heavy atom. The van der Waals surface area contributed by atoms with Crippen LogP contribution in [-0.4, -0.2) is 60.1 Å². The number of fused-ring (bicyclic) bond motifs is 1. The van der Waals surface area contributed by atoms with Crippen LogP contribution in [0.5, 0.6) is 0 Å². The lowest BCUT2D eigenvalue weighted by molar-refractivity contribution is -0.138. The van der Waals surface area contributed by atoms with Gasteiger partial charge in [0.15, 0.2) is 0 Å². The van der Waals surface area contributed by atoms with Gasteiger partial charge in [-0.2, -0.15) is 0 Å². The van der Waals surface area contributed by atoms with Gasteiger partial charge in [0.1, 0.15) is 11.4 Å². The number of amidine groups is 1. The van der Waals surface area contributed by atoms with Crippen LogP contribution in [0.2, 0.25) is 0 Å². The summed E-state index contributed by atoms with van der Waals surface area (Å²) in [5, 5.41) is 28.5. The van der Waals surface area contributed by atoms with Gasteiger partial charge in [0.2, 0.25) is 11.8 Å². The molecule has 2 aliphatic rings. The molecule has 1 fully saturated rings. The van der Waals surface area contributed by atoms with Crippen LogP contribution >= 0.6 is 0 Å². The van der Waals surface area contributed by atoms with Crippen LogP contribution in [0.25, 0.3) is 0 Å². The van der Waals surface area contributed by atoms with Gasteiger partial charge in [0, 0.05) is 24.9 Å². The lowest BCUT2D eigenvalue weighted by Gasteiger charge is -2.35. The van der Waals surface area contributed by atoms with E-state index in [0.717, 1.165) is 48.8 Å². The molecule has 0 unspecified atom stereocenters. The average molecular weight is 564 g/mol. The molecule has 0 saturated heterocycles. The highest BCUT2D eigenvalue weighted by Gasteiger charge is 2.46. The molecule has 4 rings (SSSR count). The van der Waals surface area contributed by atoms with Crippen LogP contribution in [0.15, 0.2) is 48.5 Å². The molecular formula is C30H37N5O6. The number of aliphatic carboxylic acids is 1. The fourth-order valence-electron chi connectivity index (χ4n) is 5.74. The molecule has 218 valence electrons. The number of amides is 3. The van der Waals surface area contributed by atoms with E-state index in [9.17, 15) is 24.3 Å². The molecule has 0 radical (unpaired) electrons. The monoisotopic (exact) mass is 563 g/mol. The van der Waals surface area contributed by atoms with E-state index in [4.69, 9.17) is 5.41 Å². The molecule has 0 aromatic heterocycles. The van der Waals surface area contributed by atoms with Gasteiger partial charge in [-0.05, 0) is 35.4 Å². The standard InChI is InChI=1S/C30H37N5O6/c1-41-29(40)34-26(31)21-13-11-19(12-14-21)17-33-28(39)30(15-22-9-5-6-10-23(22)16-30)35-27(38)25(32-18-24(36)37)20-7-3-2-4-8-20/h5-6,9-14,20,25,32H,2-4,7-8,15-18H2,1H3,(H,33,39)(H,35,38)(H,36,37)(H2,31,34,40)/t25-/m1/s1. The van der Waals surface area contributed by atoms with Crippen molar-refractivity contribution < 1.29 is 29.0 Å². The molecule has 2 aliphatic carbocycles. The van der Waals surface area contributed by atoms with Crippen molar-refractivity contribution in [2.24, 2.45) is 5.92 Å². The third-order valence-electron chi connectivity index (χ3n) is 7.89. The largest absolute Gasteiger partial charge is 0.480 e. The zero-order chi connectivity index (χ0) is 29.4. The van der Waals surface area contributed by atoms with Crippen LogP contribution in [0.4, 0.5) is 4.79 Å². The molecule has 0 aliphatic heterocycles. The molecule has 11 nitrogen and oxygen atoms in total. The summed E-state index contributed by atoms with van der Waals surface area (Å²) in [4.78, 5) is 50.2. The number of hydrogen-bond donors (Lipinski definition) is 6. The van der Waals surface area contributed by atoms with E-state index < -0.39 is 23.6 Å². The summed E-state index contributed by atoms with van der Waals surface area (Å²) in [6, 6.07) is 13.8. The summed E-state index contributed by atoms with van der Waals surface area (Å²) in [5.74, 6) is -1.84. The summed E-state index contributed by atoms with van der Waals surface area (Å²) in [7, 11) is 1.22. The van der Waals surface area contributed by atoms with E-state index in [1.807, 2.05) is 24.3 Å². The molecule has 2 aromatic carbocycles. The molecule has 11 heteroatoms. The Kier molecular flexibility index (Phi) is 9.72. The Morgan fingerprint density at radius 3 is 2.22 bits per heavy atom. The summed E-state index contributed by atoms with van der Waals surface area (Å²) in [6.45, 7) is -0.148. The van der Waals surface area contributed by atoms with Crippen molar-refractivity contribution in [3.8, 4) is 0 Å². The van der Waals surface area contributed by atoms with Crippen molar-refractivity contribution in [3.63, 3.8) is 0 Å². The zero-order valence-corrected chi connectivity index (χ0v) is 23.1. The second kappa shape index (κ2) is 13.4. The zero-order valence-electron chi connectivity index (χ0n) is 23.1. The minimum atomic E-state index is -1.22. The number of alkyl carbamates (subject to hydrolysis) is 1. The SMILES string of the molecule is COC(=O)NC(=N)c1ccc(CNC(=O)C2(NC(=O)[C@H](NCC(=O)O)C3CCCCC3)Cc3ccccc3C2)cc1. The predicted molar refractivity (Wildman–Crippen MR) is 151 cm³/mol. The van der Waals surface area contributed by atoms with Gasteiger partial charge in [-0.3, -0.25) is 30.4 Å². The molecule has 41 heavy (non-hydrogen) atoms. The maximum Gasteiger partial charge on any atom is 0.412 e. The first-order chi connectivity index (χ1) is 19.7. The fraction of sp³-hybridized carbons (Fsp3) is 0.433. The summed E-state index contributed by atoms with van der Waals surface area (Å²) in [6.07, 6.45) is 4.63. The molecule has 2 aromatic rings. The van der Waals surface area contributed by atoms with Crippen molar-refractivity contribution in [1.29, 1.82) is 5.41 Å². The maximum absolute atomic E-state index is 13.8. The van der Waals surface area contributed by atoms with Crippen LogP contribution < -0.4 is 21.3 Å². The predicted octanol–water partition coefficient (Wildman–Crippen LogP) is 2.26. The van der Waals surface area contributed by atoms with Gasteiger partial charge in [0.25, 0.3) is 0 Å². The number of carbonyl (C=O) groups excluding carboxylic acids is 3. The van der Waals surface area contributed by atoms with E-state index in [-0.39, 0.29) is 36.7 Å². The number of carboxylic acid groups (broad SMARTS) is 1. The topological polar surface area (TPSA) is 170 Å². The first kappa shape index (κ1) is 29.7. The number of ether oxygens (including phenoxy) is 1. The van der Waals surface area contributed by atoms with Gasteiger partial charge in [-0.1, -0.05) is 67.8 Å². The van der Waals surface area contributed by atoms with Gasteiger partial charge in [-0.15, -0.1) is 0 Å². The molecule has 3 amide bonds. The van der Waals surface area contributed by atoms with Crippen molar-refractivity contribution in [2.75, 3.05) is 13.7 Å². The van der Waals surface area contributed by atoms with E-state index >= 15 is 0 Å². The third-order valence-corrected chi connectivity index (χ3v) is 7.89. The minimum Gasteiger partial charge on any atom is -0.480 e. The van der Waals surface area contributed by atoms with Crippen LogP contribution in [0, 0.1) is 11.3 Å². The molecule has 6 N–H and O–H groups in total. The Hall–Kier alpha value is -4.25. The van der Waals surface area contributed by atoms with Crippen molar-refractivity contribution in [3.05, 3.63) is 70.8 Å². The van der Waals surface area contributed by atoms with E-state index in [1.165, 1.54) is 7.11 Å². The van der Waals surface area contributed by atoms with Gasteiger partial charge in [0.05, 0.1) is 19.7 Å². The van der Waals surface area contributed by atoms with E-state index in [0.29, 0.717) is 18.4 Å². The quantitative estimate of drug-likeness (QED) is 0.190. The molecular weight excluding hydrogens is 526 g/mol. The number of benzene rings is 2. The van der Waals surface area contributed by atoms with E-state index in [1.54, 1.807) is 24.3 Å². The van der Waals surface area contributed by atoms with Gasteiger partial charge >= 0.3 is 12.1 Å². The summed E-state index contributed by atoms with van der Waals surface area (Å²) >= 11 is 0. The highest BCUT2D eigenvalue weighted by molar-refractivity contribution is 6.04. The molecule has 1 saturated carbocycles. The van der Waals surface area contributed by atoms with Crippen LogP contribution in [0.1, 0.15) is 54.4 Å². The molecule has 0 spiro atoms. The number of nitrogens with one attached hydrogen (secondary N) is 5. The summed E-state index contributed by atoms with van der Waals surface area (Å²) in [5.41, 5.74) is 2.00. The third kappa shape index (κ3) is 7.49. The Balaban J connectivity index is 1.49. The number of carboxylic acids is 1. The van der Waals surface area contributed by atoms with Crippen molar-refractivity contribution in [2.45, 2.75) is 63.1 Å². The number of carbonyl (C=O) groups is 4. The first-order valence-corrected chi connectivity index (χ1v) is 13.9. The van der Waals surface area contributed by atoms with Gasteiger partial charge < -0.3 is 20.5 Å². The maximum atomic E-state index is 13.8. The van der Waals surface area contributed by atoms with Crippen LogP contribution in [0.3, 0.4) is 0 Å². The van der Waals surface area contributed by atoms with Crippen molar-refractivity contribution >= 4 is 29.7 Å². The van der Waals surface area contributed by atoms with Crippen LogP contribution in [-0.2, 0) is 38.5 Å². The van der Waals surface area contributed by atoms with Crippen molar-refractivity contribution in [1.82, 2.24) is 21.3 Å².